The lowest BCUT2D eigenvalue weighted by molar-refractivity contribution is 0.0495. The Labute approximate surface area is 159 Å². The molecule has 1 heterocycles. The maximum Gasteiger partial charge on any atom is 0.340 e. The highest BCUT2D eigenvalue weighted by molar-refractivity contribution is 6.08. The predicted octanol–water partition coefficient (Wildman–Crippen LogP) is 4.02. The largest absolute Gasteiger partial charge is 0.497 e. The number of aromatic nitrogens is 1. The topological polar surface area (TPSA) is 51.7 Å². The van der Waals surface area contributed by atoms with Gasteiger partial charge in [-0.3, -0.25) is 4.98 Å². The van der Waals surface area contributed by atoms with Crippen LogP contribution in [0.5, 0.6) is 5.75 Å². The lowest BCUT2D eigenvalue weighted by atomic mass is 10.0. The highest BCUT2D eigenvalue weighted by atomic mass is 16.5. The van der Waals surface area contributed by atoms with Crippen LogP contribution in [0.15, 0.2) is 54.7 Å². The Morgan fingerprint density at radius 1 is 1.07 bits per heavy atom. The quantitative estimate of drug-likeness (QED) is 0.468. The zero-order valence-corrected chi connectivity index (χ0v) is 15.9. The normalized spacial score (nSPS) is 11.0. The first-order valence-electron chi connectivity index (χ1n) is 8.94. The number of hydrogen-bond acceptors (Lipinski definition) is 5. The van der Waals surface area contributed by atoms with Crippen LogP contribution < -0.4 is 4.74 Å². The second-order valence-electron chi connectivity index (χ2n) is 6.59. The van der Waals surface area contributed by atoms with Crippen molar-refractivity contribution in [1.29, 1.82) is 0 Å². The van der Waals surface area contributed by atoms with Crippen LogP contribution in [0, 0.1) is 0 Å². The summed E-state index contributed by atoms with van der Waals surface area (Å²) < 4.78 is 10.8. The molecule has 0 amide bonds. The zero-order valence-electron chi connectivity index (χ0n) is 15.9. The van der Waals surface area contributed by atoms with E-state index in [0.717, 1.165) is 40.7 Å². The van der Waals surface area contributed by atoms with Gasteiger partial charge in [-0.15, -0.1) is 0 Å². The number of pyridine rings is 1. The van der Waals surface area contributed by atoms with Crippen molar-refractivity contribution in [1.82, 2.24) is 9.88 Å². The summed E-state index contributed by atoms with van der Waals surface area (Å²) in [6, 6.07) is 15.5. The molecule has 3 aromatic rings. The molecule has 5 heteroatoms. The number of carbonyl (C=O) groups is 1. The number of fused-ring (bicyclic) bond motifs is 1. The average molecular weight is 364 g/mol. The molecule has 0 bridgehead atoms. The van der Waals surface area contributed by atoms with Gasteiger partial charge in [0.25, 0.3) is 0 Å². The number of carbonyl (C=O) groups excluding carboxylic acids is 1. The van der Waals surface area contributed by atoms with Crippen LogP contribution in [0.2, 0.25) is 0 Å². The van der Waals surface area contributed by atoms with Crippen molar-refractivity contribution in [3.05, 3.63) is 60.3 Å². The molecule has 0 fully saturated rings. The standard InChI is InChI=1S/C22H24N2O3/c1-24(2)12-7-13-27-22(25)20-15-23-21(16-8-5-4-6-9-16)19-14-17(26-3)10-11-18(19)20/h4-6,8-11,14-15H,7,12-13H2,1-3H3. The maximum absolute atomic E-state index is 12.6. The summed E-state index contributed by atoms with van der Waals surface area (Å²) in [4.78, 5) is 19.2. The van der Waals surface area contributed by atoms with Gasteiger partial charge in [-0.1, -0.05) is 30.3 Å². The van der Waals surface area contributed by atoms with E-state index in [1.807, 2.05) is 62.6 Å². The molecule has 0 aliphatic rings. The highest BCUT2D eigenvalue weighted by Crippen LogP contribution is 2.31. The Bertz CT molecular complexity index is 923. The fraction of sp³-hybridized carbons (Fsp3) is 0.273. The number of rotatable bonds is 7. The highest BCUT2D eigenvalue weighted by Gasteiger charge is 2.16. The first-order chi connectivity index (χ1) is 13.1. The molecule has 2 aromatic carbocycles. The molecule has 0 saturated carbocycles. The van der Waals surface area contributed by atoms with Crippen LogP contribution in [0.3, 0.4) is 0 Å². The van der Waals surface area contributed by atoms with E-state index >= 15 is 0 Å². The molecule has 0 N–H and O–H groups in total. The Morgan fingerprint density at radius 3 is 2.56 bits per heavy atom. The molecule has 0 radical (unpaired) electrons. The molecule has 0 saturated heterocycles. The van der Waals surface area contributed by atoms with Crippen LogP contribution in [-0.4, -0.2) is 50.2 Å². The number of methoxy groups -OCH3 is 1. The van der Waals surface area contributed by atoms with E-state index in [-0.39, 0.29) is 5.97 Å². The van der Waals surface area contributed by atoms with Gasteiger partial charge in [-0.25, -0.2) is 4.79 Å². The first-order valence-corrected chi connectivity index (χ1v) is 8.94. The predicted molar refractivity (Wildman–Crippen MR) is 107 cm³/mol. The summed E-state index contributed by atoms with van der Waals surface area (Å²) >= 11 is 0. The van der Waals surface area contributed by atoms with Gasteiger partial charge in [0.2, 0.25) is 0 Å². The molecule has 0 aliphatic carbocycles. The summed E-state index contributed by atoms with van der Waals surface area (Å²) in [5, 5.41) is 1.67. The van der Waals surface area contributed by atoms with Crippen molar-refractivity contribution < 1.29 is 14.3 Å². The number of esters is 1. The van der Waals surface area contributed by atoms with Crippen LogP contribution in [-0.2, 0) is 4.74 Å². The summed E-state index contributed by atoms with van der Waals surface area (Å²) in [6.07, 6.45) is 2.39. The van der Waals surface area contributed by atoms with Gasteiger partial charge in [-0.2, -0.15) is 0 Å². The van der Waals surface area contributed by atoms with Gasteiger partial charge < -0.3 is 14.4 Å². The maximum atomic E-state index is 12.6. The number of hydrogen-bond donors (Lipinski definition) is 0. The molecule has 0 unspecified atom stereocenters. The second kappa shape index (κ2) is 8.64. The van der Waals surface area contributed by atoms with Crippen molar-refractivity contribution in [3.8, 4) is 17.0 Å². The van der Waals surface area contributed by atoms with E-state index < -0.39 is 0 Å². The van der Waals surface area contributed by atoms with Crippen molar-refractivity contribution >= 4 is 16.7 Å². The lowest BCUT2D eigenvalue weighted by Gasteiger charge is -2.13. The van der Waals surface area contributed by atoms with Crippen molar-refractivity contribution in [2.24, 2.45) is 0 Å². The second-order valence-corrected chi connectivity index (χ2v) is 6.59. The molecule has 5 nitrogen and oxygen atoms in total. The van der Waals surface area contributed by atoms with E-state index in [2.05, 4.69) is 9.88 Å². The molecular weight excluding hydrogens is 340 g/mol. The fourth-order valence-electron chi connectivity index (χ4n) is 2.96. The minimum atomic E-state index is -0.351. The molecule has 0 aliphatic heterocycles. The summed E-state index contributed by atoms with van der Waals surface area (Å²) in [7, 11) is 5.61. The van der Waals surface area contributed by atoms with E-state index in [0.29, 0.717) is 12.2 Å². The fourth-order valence-corrected chi connectivity index (χ4v) is 2.96. The molecule has 0 spiro atoms. The van der Waals surface area contributed by atoms with Gasteiger partial charge in [0.05, 0.1) is 25.0 Å². The van der Waals surface area contributed by atoms with Crippen LogP contribution in [0.1, 0.15) is 16.8 Å². The third kappa shape index (κ3) is 4.44. The summed E-state index contributed by atoms with van der Waals surface area (Å²) in [5.41, 5.74) is 2.27. The Morgan fingerprint density at radius 2 is 1.85 bits per heavy atom. The van der Waals surface area contributed by atoms with Crippen molar-refractivity contribution in [2.45, 2.75) is 6.42 Å². The first kappa shape index (κ1) is 18.9. The Balaban J connectivity index is 1.97. The summed E-state index contributed by atoms with van der Waals surface area (Å²) in [6.45, 7) is 1.26. The minimum absolute atomic E-state index is 0.351. The number of benzene rings is 2. The van der Waals surface area contributed by atoms with Crippen LogP contribution in [0.4, 0.5) is 0 Å². The molecule has 1 aromatic heterocycles. The van der Waals surface area contributed by atoms with E-state index in [4.69, 9.17) is 9.47 Å². The van der Waals surface area contributed by atoms with Crippen molar-refractivity contribution in [3.63, 3.8) is 0 Å². The van der Waals surface area contributed by atoms with E-state index in [1.165, 1.54) is 0 Å². The van der Waals surface area contributed by atoms with Crippen LogP contribution >= 0.6 is 0 Å². The minimum Gasteiger partial charge on any atom is -0.497 e. The van der Waals surface area contributed by atoms with Gasteiger partial charge in [0.1, 0.15) is 5.75 Å². The van der Waals surface area contributed by atoms with Crippen LogP contribution in [0.25, 0.3) is 22.0 Å². The van der Waals surface area contributed by atoms with Gasteiger partial charge >= 0.3 is 5.97 Å². The third-order valence-electron chi connectivity index (χ3n) is 4.34. The number of nitrogens with zero attached hydrogens (tertiary/aromatic N) is 2. The molecule has 27 heavy (non-hydrogen) atoms. The monoisotopic (exact) mass is 364 g/mol. The molecule has 0 atom stereocenters. The Hall–Kier alpha value is -2.92. The van der Waals surface area contributed by atoms with Gasteiger partial charge in [0, 0.05) is 29.1 Å². The zero-order chi connectivity index (χ0) is 19.2. The SMILES string of the molecule is COc1ccc2c(C(=O)OCCCN(C)C)cnc(-c3ccccc3)c2c1. The Kier molecular flexibility index (Phi) is 6.04. The third-order valence-corrected chi connectivity index (χ3v) is 4.34. The van der Waals surface area contributed by atoms with Crippen molar-refractivity contribution in [2.75, 3.05) is 34.4 Å². The summed E-state index contributed by atoms with van der Waals surface area (Å²) in [5.74, 6) is 0.369. The van der Waals surface area contributed by atoms with E-state index in [1.54, 1.807) is 13.3 Å². The smallest absolute Gasteiger partial charge is 0.340 e. The molecular formula is C22H24N2O3. The van der Waals surface area contributed by atoms with E-state index in [9.17, 15) is 4.79 Å². The van der Waals surface area contributed by atoms with Gasteiger partial charge in [0.15, 0.2) is 0 Å². The van der Waals surface area contributed by atoms with Gasteiger partial charge in [-0.05, 0) is 38.7 Å². The number of ether oxygens (including phenoxy) is 2. The lowest BCUT2D eigenvalue weighted by Crippen LogP contribution is -2.16. The average Bonchev–Trinajstić information content (AvgIpc) is 2.70. The molecule has 140 valence electrons. The molecule has 3 rings (SSSR count).